The van der Waals surface area contributed by atoms with E-state index in [4.69, 9.17) is 9.84 Å². The second-order valence-corrected chi connectivity index (χ2v) is 3.38. The van der Waals surface area contributed by atoms with E-state index in [9.17, 15) is 4.79 Å². The number of nitrogens with zero attached hydrogens (tertiary/aromatic N) is 1. The van der Waals surface area contributed by atoms with Crippen molar-refractivity contribution in [3.63, 3.8) is 0 Å². The number of carbonyl (C=O) groups is 1. The van der Waals surface area contributed by atoms with Crippen LogP contribution in [0.1, 0.15) is 17.4 Å². The molecule has 88 valence electrons. The van der Waals surface area contributed by atoms with Crippen LogP contribution in [0.15, 0.2) is 30.3 Å². The molecule has 0 atom stereocenters. The normalized spacial score (nSPS) is 10.2. The number of aromatic amines is 1. The molecule has 0 radical (unpaired) electrons. The Morgan fingerprint density at radius 3 is 2.71 bits per heavy atom. The van der Waals surface area contributed by atoms with E-state index in [1.54, 1.807) is 0 Å². The van der Waals surface area contributed by atoms with Gasteiger partial charge in [0.15, 0.2) is 5.69 Å². The van der Waals surface area contributed by atoms with Gasteiger partial charge in [-0.05, 0) is 12.5 Å². The monoisotopic (exact) mass is 232 g/mol. The lowest BCUT2D eigenvalue weighted by Crippen LogP contribution is -1.99. The van der Waals surface area contributed by atoms with Gasteiger partial charge in [0.1, 0.15) is 0 Å². The van der Waals surface area contributed by atoms with E-state index < -0.39 is 5.97 Å². The summed E-state index contributed by atoms with van der Waals surface area (Å²) in [7, 11) is 0. The summed E-state index contributed by atoms with van der Waals surface area (Å²) >= 11 is 0. The quantitative estimate of drug-likeness (QED) is 0.847. The Morgan fingerprint density at radius 1 is 1.41 bits per heavy atom. The third-order valence-corrected chi connectivity index (χ3v) is 2.29. The Morgan fingerprint density at radius 2 is 2.12 bits per heavy atom. The zero-order valence-electron chi connectivity index (χ0n) is 9.30. The average molecular weight is 232 g/mol. The van der Waals surface area contributed by atoms with Crippen molar-refractivity contribution in [3.8, 4) is 17.0 Å². The Labute approximate surface area is 98.0 Å². The number of hydrogen-bond acceptors (Lipinski definition) is 3. The largest absolute Gasteiger partial charge is 0.477 e. The SMILES string of the molecule is CCOc1n[nH]c(C(=O)O)c1-c1ccccc1. The van der Waals surface area contributed by atoms with Crippen LogP contribution in [0.3, 0.4) is 0 Å². The third kappa shape index (κ3) is 2.13. The number of aromatic carboxylic acids is 1. The van der Waals surface area contributed by atoms with E-state index in [-0.39, 0.29) is 5.69 Å². The van der Waals surface area contributed by atoms with Gasteiger partial charge in [-0.15, -0.1) is 5.10 Å². The summed E-state index contributed by atoms with van der Waals surface area (Å²) in [6, 6.07) is 9.18. The Hall–Kier alpha value is -2.30. The fourth-order valence-corrected chi connectivity index (χ4v) is 1.59. The maximum atomic E-state index is 11.1. The van der Waals surface area contributed by atoms with Gasteiger partial charge in [0.25, 0.3) is 0 Å². The molecule has 0 fully saturated rings. The first-order chi connectivity index (χ1) is 8.24. The number of rotatable bonds is 4. The van der Waals surface area contributed by atoms with Crippen molar-refractivity contribution in [3.05, 3.63) is 36.0 Å². The number of aromatic nitrogens is 2. The van der Waals surface area contributed by atoms with Crippen LogP contribution in [-0.2, 0) is 0 Å². The van der Waals surface area contributed by atoms with E-state index >= 15 is 0 Å². The van der Waals surface area contributed by atoms with Crippen molar-refractivity contribution in [1.82, 2.24) is 10.2 Å². The summed E-state index contributed by atoms with van der Waals surface area (Å²) in [4.78, 5) is 11.1. The molecular weight excluding hydrogens is 220 g/mol. The Balaban J connectivity index is 2.56. The number of carboxylic acid groups (broad SMARTS) is 1. The van der Waals surface area contributed by atoms with Crippen LogP contribution in [0.4, 0.5) is 0 Å². The molecule has 0 amide bonds. The van der Waals surface area contributed by atoms with Crippen molar-refractivity contribution < 1.29 is 14.6 Å². The Bertz CT molecular complexity index is 520. The molecule has 0 spiro atoms. The summed E-state index contributed by atoms with van der Waals surface area (Å²) in [5.74, 6) is -0.738. The fourth-order valence-electron chi connectivity index (χ4n) is 1.59. The number of carboxylic acids is 1. The smallest absolute Gasteiger partial charge is 0.354 e. The third-order valence-electron chi connectivity index (χ3n) is 2.29. The van der Waals surface area contributed by atoms with Gasteiger partial charge in [0.2, 0.25) is 5.88 Å². The molecule has 0 aliphatic rings. The van der Waals surface area contributed by atoms with Gasteiger partial charge in [-0.1, -0.05) is 30.3 Å². The highest BCUT2D eigenvalue weighted by atomic mass is 16.5. The number of ether oxygens (including phenoxy) is 1. The zero-order valence-corrected chi connectivity index (χ0v) is 9.30. The van der Waals surface area contributed by atoms with Crippen LogP contribution in [-0.4, -0.2) is 27.9 Å². The zero-order chi connectivity index (χ0) is 12.3. The molecule has 0 aliphatic heterocycles. The molecule has 0 aliphatic carbocycles. The van der Waals surface area contributed by atoms with E-state index in [0.29, 0.717) is 18.1 Å². The van der Waals surface area contributed by atoms with E-state index in [0.717, 1.165) is 5.56 Å². The molecule has 17 heavy (non-hydrogen) atoms. The van der Waals surface area contributed by atoms with Gasteiger partial charge in [-0.25, -0.2) is 4.79 Å². The van der Waals surface area contributed by atoms with E-state index in [1.165, 1.54) is 0 Å². The van der Waals surface area contributed by atoms with Crippen molar-refractivity contribution in [2.24, 2.45) is 0 Å². The highest BCUT2D eigenvalue weighted by Gasteiger charge is 2.20. The second kappa shape index (κ2) is 4.69. The van der Waals surface area contributed by atoms with Crippen LogP contribution in [0, 0.1) is 0 Å². The molecule has 1 heterocycles. The number of hydrogen-bond donors (Lipinski definition) is 2. The molecule has 0 saturated carbocycles. The predicted octanol–water partition coefficient (Wildman–Crippen LogP) is 2.17. The van der Waals surface area contributed by atoms with Crippen LogP contribution in [0.5, 0.6) is 5.88 Å². The summed E-state index contributed by atoms with van der Waals surface area (Å²) in [5.41, 5.74) is 1.29. The Kier molecular flexibility index (Phi) is 3.09. The molecule has 0 saturated heterocycles. The maximum Gasteiger partial charge on any atom is 0.354 e. The van der Waals surface area contributed by atoms with Crippen molar-refractivity contribution in [2.75, 3.05) is 6.61 Å². The van der Waals surface area contributed by atoms with Crippen LogP contribution >= 0.6 is 0 Å². The number of benzene rings is 1. The summed E-state index contributed by atoms with van der Waals surface area (Å²) in [6.07, 6.45) is 0. The van der Waals surface area contributed by atoms with E-state index in [2.05, 4.69) is 10.2 Å². The van der Waals surface area contributed by atoms with Gasteiger partial charge in [-0.2, -0.15) is 0 Å². The van der Waals surface area contributed by atoms with Crippen molar-refractivity contribution in [1.29, 1.82) is 0 Å². The number of H-pyrrole nitrogens is 1. The minimum absolute atomic E-state index is 0.0413. The molecule has 5 nitrogen and oxygen atoms in total. The highest BCUT2D eigenvalue weighted by Crippen LogP contribution is 2.31. The van der Waals surface area contributed by atoms with Gasteiger partial charge >= 0.3 is 5.97 Å². The molecule has 1 aromatic heterocycles. The van der Waals surface area contributed by atoms with Gasteiger partial charge in [0.05, 0.1) is 12.2 Å². The predicted molar refractivity (Wildman–Crippen MR) is 62.2 cm³/mol. The summed E-state index contributed by atoms with van der Waals surface area (Å²) < 4.78 is 5.32. The van der Waals surface area contributed by atoms with E-state index in [1.807, 2.05) is 37.3 Å². The van der Waals surface area contributed by atoms with Crippen molar-refractivity contribution in [2.45, 2.75) is 6.92 Å². The van der Waals surface area contributed by atoms with Gasteiger partial charge in [-0.3, -0.25) is 5.10 Å². The lowest BCUT2D eigenvalue weighted by molar-refractivity contribution is 0.0691. The molecule has 0 unspecified atom stereocenters. The fraction of sp³-hybridized carbons (Fsp3) is 0.167. The maximum absolute atomic E-state index is 11.1. The van der Waals surface area contributed by atoms with Gasteiger partial charge < -0.3 is 9.84 Å². The highest BCUT2D eigenvalue weighted by molar-refractivity contribution is 5.95. The lowest BCUT2D eigenvalue weighted by atomic mass is 10.1. The van der Waals surface area contributed by atoms with Gasteiger partial charge in [0, 0.05) is 0 Å². The van der Waals surface area contributed by atoms with Crippen LogP contribution in [0.25, 0.3) is 11.1 Å². The van der Waals surface area contributed by atoms with Crippen LogP contribution < -0.4 is 4.74 Å². The van der Waals surface area contributed by atoms with Crippen LogP contribution in [0.2, 0.25) is 0 Å². The molecule has 5 heteroatoms. The average Bonchev–Trinajstić information content (AvgIpc) is 2.74. The minimum Gasteiger partial charge on any atom is -0.477 e. The summed E-state index contributed by atoms with van der Waals surface area (Å²) in [5, 5.41) is 15.4. The first-order valence-electron chi connectivity index (χ1n) is 5.24. The topological polar surface area (TPSA) is 75.2 Å². The lowest BCUT2D eigenvalue weighted by Gasteiger charge is -2.04. The molecule has 0 bridgehead atoms. The molecule has 1 aromatic carbocycles. The van der Waals surface area contributed by atoms with Crippen molar-refractivity contribution >= 4 is 5.97 Å². The summed E-state index contributed by atoms with van der Waals surface area (Å²) in [6.45, 7) is 2.26. The molecule has 2 aromatic rings. The molecule has 2 rings (SSSR count). The standard InChI is InChI=1S/C12H12N2O3/c1-2-17-11-9(8-6-4-3-5-7-8)10(12(15)16)13-14-11/h3-7H,2H2,1H3,(H,13,14)(H,15,16). The number of nitrogens with one attached hydrogen (secondary N) is 1. The molecule has 2 N–H and O–H groups in total. The molecular formula is C12H12N2O3. The second-order valence-electron chi connectivity index (χ2n) is 3.38. The minimum atomic E-state index is -1.05. The first kappa shape index (κ1) is 11.2. The first-order valence-corrected chi connectivity index (χ1v) is 5.24.